The van der Waals surface area contributed by atoms with Crippen LogP contribution in [-0.4, -0.2) is 20.7 Å². The Labute approximate surface area is 151 Å². The zero-order chi connectivity index (χ0) is 17.8. The van der Waals surface area contributed by atoms with E-state index < -0.39 is 0 Å². The third-order valence-electron chi connectivity index (χ3n) is 4.09. The molecule has 0 aliphatic rings. The second kappa shape index (κ2) is 7.11. The number of hydrogen-bond donors (Lipinski definition) is 2. The van der Waals surface area contributed by atoms with Crippen LogP contribution in [0, 0.1) is 0 Å². The van der Waals surface area contributed by atoms with Gasteiger partial charge in [-0.1, -0.05) is 36.4 Å². The van der Waals surface area contributed by atoms with Crippen LogP contribution in [0.4, 0.5) is 0 Å². The maximum absolute atomic E-state index is 12.0. The molecule has 26 heavy (non-hydrogen) atoms. The largest absolute Gasteiger partial charge is 0.357 e. The van der Waals surface area contributed by atoms with Crippen molar-refractivity contribution in [2.45, 2.75) is 6.54 Å². The molecule has 1 amide bonds. The van der Waals surface area contributed by atoms with E-state index in [1.807, 2.05) is 66.9 Å². The molecule has 4 aromatic rings. The molecular formula is C21H18N4O. The molecule has 128 valence electrons. The van der Waals surface area contributed by atoms with Crippen LogP contribution in [0.3, 0.4) is 0 Å². The summed E-state index contributed by atoms with van der Waals surface area (Å²) in [6.07, 6.45) is 6.90. The molecule has 0 saturated carbocycles. The molecule has 0 radical (unpaired) electrons. The van der Waals surface area contributed by atoms with Crippen molar-refractivity contribution < 1.29 is 4.79 Å². The Kier molecular flexibility index (Phi) is 4.35. The van der Waals surface area contributed by atoms with E-state index in [0.29, 0.717) is 6.54 Å². The molecule has 0 bridgehead atoms. The normalized spacial score (nSPS) is 11.2. The number of nitrogens with zero attached hydrogens (tertiary/aromatic N) is 2. The third-order valence-corrected chi connectivity index (χ3v) is 4.09. The average molecular weight is 342 g/mol. The van der Waals surface area contributed by atoms with Crippen molar-refractivity contribution in [2.24, 2.45) is 0 Å². The zero-order valence-electron chi connectivity index (χ0n) is 14.1. The van der Waals surface area contributed by atoms with E-state index in [4.69, 9.17) is 0 Å². The molecule has 0 aliphatic carbocycles. The molecule has 0 aliphatic heterocycles. The van der Waals surface area contributed by atoms with E-state index >= 15 is 0 Å². The first kappa shape index (κ1) is 15.9. The van der Waals surface area contributed by atoms with E-state index in [2.05, 4.69) is 15.4 Å². The number of aromatic amines is 1. The molecule has 0 unspecified atom stereocenters. The number of aromatic nitrogens is 3. The minimum Gasteiger partial charge on any atom is -0.357 e. The van der Waals surface area contributed by atoms with Crippen LogP contribution in [0.2, 0.25) is 0 Å². The lowest BCUT2D eigenvalue weighted by atomic mass is 10.2. The van der Waals surface area contributed by atoms with Gasteiger partial charge in [0.05, 0.1) is 18.4 Å². The van der Waals surface area contributed by atoms with E-state index in [-0.39, 0.29) is 5.91 Å². The molecule has 2 heterocycles. The SMILES string of the molecule is O=C(/C=C\c1cnn(-c2ccccc2)c1)NCc1cc2ccccc2[nH]1. The first-order valence-electron chi connectivity index (χ1n) is 8.40. The lowest BCUT2D eigenvalue weighted by molar-refractivity contribution is -0.116. The van der Waals surface area contributed by atoms with Gasteiger partial charge < -0.3 is 10.3 Å². The average Bonchev–Trinajstić information content (AvgIpc) is 3.32. The fraction of sp³-hybridized carbons (Fsp3) is 0.0476. The van der Waals surface area contributed by atoms with Gasteiger partial charge in [-0.2, -0.15) is 5.10 Å². The number of carbonyl (C=O) groups excluding carboxylic acids is 1. The summed E-state index contributed by atoms with van der Waals surface area (Å²) in [5.41, 5.74) is 3.90. The second-order valence-corrected chi connectivity index (χ2v) is 5.99. The van der Waals surface area contributed by atoms with Crippen molar-refractivity contribution in [3.05, 3.63) is 90.4 Å². The van der Waals surface area contributed by atoms with Crippen LogP contribution in [0.15, 0.2) is 79.1 Å². The van der Waals surface area contributed by atoms with Crippen molar-refractivity contribution in [1.29, 1.82) is 0 Å². The fourth-order valence-corrected chi connectivity index (χ4v) is 2.79. The highest BCUT2D eigenvalue weighted by molar-refractivity contribution is 5.91. The van der Waals surface area contributed by atoms with Gasteiger partial charge >= 0.3 is 0 Å². The number of para-hydroxylation sites is 2. The molecule has 2 aromatic heterocycles. The highest BCUT2D eigenvalue weighted by Crippen LogP contribution is 2.14. The number of nitrogens with one attached hydrogen (secondary N) is 2. The van der Waals surface area contributed by atoms with Crippen LogP contribution < -0.4 is 5.32 Å². The molecule has 2 N–H and O–H groups in total. The van der Waals surface area contributed by atoms with Crippen molar-refractivity contribution in [1.82, 2.24) is 20.1 Å². The highest BCUT2D eigenvalue weighted by Gasteiger charge is 2.02. The van der Waals surface area contributed by atoms with E-state index in [1.165, 1.54) is 6.08 Å². The quantitative estimate of drug-likeness (QED) is 0.544. The molecule has 0 spiro atoms. The molecule has 4 rings (SSSR count). The number of fused-ring (bicyclic) bond motifs is 1. The Hall–Kier alpha value is -3.60. The Bertz CT molecular complexity index is 1030. The number of benzene rings is 2. The first-order chi connectivity index (χ1) is 12.8. The predicted octanol–water partition coefficient (Wildman–Crippen LogP) is 3.68. The lowest BCUT2D eigenvalue weighted by Gasteiger charge is -1.99. The molecule has 0 fully saturated rings. The van der Waals surface area contributed by atoms with E-state index in [0.717, 1.165) is 27.8 Å². The fourth-order valence-electron chi connectivity index (χ4n) is 2.79. The van der Waals surface area contributed by atoms with Gasteiger partial charge in [-0.25, -0.2) is 4.68 Å². The third kappa shape index (κ3) is 3.57. The number of rotatable bonds is 5. The molecule has 5 nitrogen and oxygen atoms in total. The van der Waals surface area contributed by atoms with Crippen molar-refractivity contribution >= 4 is 22.9 Å². The predicted molar refractivity (Wildman–Crippen MR) is 103 cm³/mol. The molecule has 0 saturated heterocycles. The topological polar surface area (TPSA) is 62.7 Å². The number of H-pyrrole nitrogens is 1. The minimum absolute atomic E-state index is 0.142. The number of hydrogen-bond acceptors (Lipinski definition) is 2. The van der Waals surface area contributed by atoms with Crippen molar-refractivity contribution in [3.63, 3.8) is 0 Å². The van der Waals surface area contributed by atoms with Crippen LogP contribution in [0.5, 0.6) is 0 Å². The van der Waals surface area contributed by atoms with Gasteiger partial charge in [0.1, 0.15) is 0 Å². The van der Waals surface area contributed by atoms with E-state index in [9.17, 15) is 4.79 Å². The van der Waals surface area contributed by atoms with Crippen LogP contribution in [0.1, 0.15) is 11.3 Å². The Balaban J connectivity index is 1.36. The summed E-state index contributed by atoms with van der Waals surface area (Å²) in [5, 5.41) is 8.33. The lowest BCUT2D eigenvalue weighted by Crippen LogP contribution is -2.20. The van der Waals surface area contributed by atoms with Crippen molar-refractivity contribution in [3.8, 4) is 5.69 Å². The number of amides is 1. The Morgan fingerprint density at radius 3 is 2.77 bits per heavy atom. The standard InChI is InChI=1S/C21H18N4O/c26-21(22-14-18-12-17-6-4-5-9-20(17)24-18)11-10-16-13-23-25(15-16)19-7-2-1-3-8-19/h1-13,15,24H,14H2,(H,22,26)/b11-10-. The first-order valence-corrected chi connectivity index (χ1v) is 8.40. The number of carbonyl (C=O) groups is 1. The van der Waals surface area contributed by atoms with Crippen molar-refractivity contribution in [2.75, 3.05) is 0 Å². The molecule has 2 aromatic carbocycles. The van der Waals surface area contributed by atoms with E-state index in [1.54, 1.807) is 17.0 Å². The molecular weight excluding hydrogens is 324 g/mol. The summed E-state index contributed by atoms with van der Waals surface area (Å²) in [5.74, 6) is -0.142. The van der Waals surface area contributed by atoms with Gasteiger partial charge in [0, 0.05) is 29.0 Å². The van der Waals surface area contributed by atoms with Gasteiger partial charge in [-0.15, -0.1) is 0 Å². The van der Waals surface area contributed by atoms with Gasteiger partial charge in [0.15, 0.2) is 0 Å². The van der Waals surface area contributed by atoms with Gasteiger partial charge in [0.25, 0.3) is 0 Å². The monoisotopic (exact) mass is 342 g/mol. The van der Waals surface area contributed by atoms with Gasteiger partial charge in [-0.05, 0) is 35.7 Å². The smallest absolute Gasteiger partial charge is 0.244 e. The Morgan fingerprint density at radius 1 is 1.12 bits per heavy atom. The maximum atomic E-state index is 12.0. The van der Waals surface area contributed by atoms with Gasteiger partial charge in [-0.3, -0.25) is 4.79 Å². The zero-order valence-corrected chi connectivity index (χ0v) is 14.1. The van der Waals surface area contributed by atoms with Crippen LogP contribution in [-0.2, 0) is 11.3 Å². The van der Waals surface area contributed by atoms with Gasteiger partial charge in [0.2, 0.25) is 5.91 Å². The molecule has 0 atom stereocenters. The highest BCUT2D eigenvalue weighted by atomic mass is 16.1. The summed E-state index contributed by atoms with van der Waals surface area (Å²) < 4.78 is 1.78. The summed E-state index contributed by atoms with van der Waals surface area (Å²) in [7, 11) is 0. The van der Waals surface area contributed by atoms with Crippen LogP contribution in [0.25, 0.3) is 22.7 Å². The summed E-state index contributed by atoms with van der Waals surface area (Å²) in [4.78, 5) is 15.3. The second-order valence-electron chi connectivity index (χ2n) is 5.99. The summed E-state index contributed by atoms with van der Waals surface area (Å²) in [6, 6.07) is 19.9. The summed E-state index contributed by atoms with van der Waals surface area (Å²) >= 11 is 0. The Morgan fingerprint density at radius 2 is 1.92 bits per heavy atom. The maximum Gasteiger partial charge on any atom is 0.244 e. The summed E-state index contributed by atoms with van der Waals surface area (Å²) in [6.45, 7) is 0.459. The minimum atomic E-state index is -0.142. The molecule has 5 heteroatoms. The van der Waals surface area contributed by atoms with Crippen LogP contribution >= 0.6 is 0 Å².